The summed E-state index contributed by atoms with van der Waals surface area (Å²) in [5.41, 5.74) is 9.69. The molecule has 0 saturated carbocycles. The van der Waals surface area contributed by atoms with E-state index in [4.69, 9.17) is 5.10 Å². The highest BCUT2D eigenvalue weighted by molar-refractivity contribution is 5.87. The van der Waals surface area contributed by atoms with Gasteiger partial charge in [-0.05, 0) is 53.0 Å². The zero-order valence-electron chi connectivity index (χ0n) is 19.8. The normalized spacial score (nSPS) is 13.0. The average Bonchev–Trinajstić information content (AvgIpc) is 3.14. The fraction of sp³-hybridized carbons (Fsp3) is 0.480. The van der Waals surface area contributed by atoms with Crippen LogP contribution in [-0.2, 0) is 31.3 Å². The van der Waals surface area contributed by atoms with Gasteiger partial charge in [0, 0.05) is 25.9 Å². The summed E-state index contributed by atoms with van der Waals surface area (Å²) in [6.07, 6.45) is 0.849. The van der Waals surface area contributed by atoms with Gasteiger partial charge in [-0.2, -0.15) is 5.10 Å². The molecular formula is C25H33N5. The monoisotopic (exact) mass is 403 g/mol. The number of hydrogen-bond donors (Lipinski definition) is 0. The van der Waals surface area contributed by atoms with Crippen molar-refractivity contribution in [2.75, 3.05) is 0 Å². The summed E-state index contributed by atoms with van der Waals surface area (Å²) in [5.74, 6) is 0. The second-order valence-corrected chi connectivity index (χ2v) is 10.4. The van der Waals surface area contributed by atoms with Gasteiger partial charge in [-0.25, -0.2) is 4.68 Å². The van der Waals surface area contributed by atoms with Gasteiger partial charge in [-0.15, -0.1) is 5.10 Å². The highest BCUT2D eigenvalue weighted by Crippen LogP contribution is 2.38. The first-order valence-electron chi connectivity index (χ1n) is 10.7. The van der Waals surface area contributed by atoms with Crippen molar-refractivity contribution < 1.29 is 0 Å². The Labute approximate surface area is 179 Å². The van der Waals surface area contributed by atoms with Gasteiger partial charge in [0.05, 0.1) is 16.7 Å². The van der Waals surface area contributed by atoms with E-state index in [9.17, 15) is 0 Å². The van der Waals surface area contributed by atoms with Gasteiger partial charge in [0.15, 0.2) is 0 Å². The Bertz CT molecular complexity index is 1260. The van der Waals surface area contributed by atoms with E-state index >= 15 is 0 Å². The molecule has 2 aromatic carbocycles. The van der Waals surface area contributed by atoms with E-state index in [-0.39, 0.29) is 10.8 Å². The minimum Gasteiger partial charge on any atom is -0.267 e. The van der Waals surface area contributed by atoms with Gasteiger partial charge < -0.3 is 0 Å². The van der Waals surface area contributed by atoms with Crippen LogP contribution in [0.1, 0.15) is 62.6 Å². The summed E-state index contributed by atoms with van der Waals surface area (Å²) in [6, 6.07) is 8.72. The first kappa shape index (κ1) is 20.6. The first-order chi connectivity index (χ1) is 13.9. The molecule has 0 spiro atoms. The molecule has 0 radical (unpaired) electrons. The zero-order chi connectivity index (χ0) is 22.0. The van der Waals surface area contributed by atoms with Crippen molar-refractivity contribution in [3.63, 3.8) is 0 Å². The number of aryl methyl sites for hydroxylation is 4. The van der Waals surface area contributed by atoms with Crippen molar-refractivity contribution in [2.24, 2.45) is 14.1 Å². The largest absolute Gasteiger partial charge is 0.267 e. The van der Waals surface area contributed by atoms with Crippen molar-refractivity contribution in [1.82, 2.24) is 24.8 Å². The summed E-state index contributed by atoms with van der Waals surface area (Å²) < 4.78 is 3.98. The molecular weight excluding hydrogens is 370 g/mol. The first-order valence-corrected chi connectivity index (χ1v) is 10.7. The van der Waals surface area contributed by atoms with Crippen LogP contribution in [0, 0.1) is 13.8 Å². The quantitative estimate of drug-likeness (QED) is 0.467. The number of benzene rings is 2. The molecule has 0 unspecified atom stereocenters. The molecule has 0 saturated heterocycles. The third-order valence-electron chi connectivity index (χ3n) is 6.30. The molecule has 158 valence electrons. The maximum absolute atomic E-state index is 5.01. The number of fused-ring (bicyclic) bond motifs is 2. The molecule has 0 bridgehead atoms. The van der Waals surface area contributed by atoms with Crippen LogP contribution in [0.5, 0.6) is 0 Å². The molecule has 4 rings (SSSR count). The van der Waals surface area contributed by atoms with E-state index < -0.39 is 0 Å². The third-order valence-corrected chi connectivity index (χ3v) is 6.30. The molecule has 0 fully saturated rings. The van der Waals surface area contributed by atoms with Gasteiger partial charge >= 0.3 is 0 Å². The molecule has 5 heteroatoms. The van der Waals surface area contributed by atoms with Crippen LogP contribution >= 0.6 is 0 Å². The number of aromatic nitrogens is 5. The fourth-order valence-electron chi connectivity index (χ4n) is 5.23. The lowest BCUT2D eigenvalue weighted by molar-refractivity contribution is 0.511. The molecule has 2 heterocycles. The van der Waals surface area contributed by atoms with Crippen LogP contribution in [0.15, 0.2) is 24.3 Å². The molecule has 0 amide bonds. The predicted octanol–water partition coefficient (Wildman–Crippen LogP) is 5.29. The van der Waals surface area contributed by atoms with Crippen LogP contribution < -0.4 is 0 Å². The molecule has 0 N–H and O–H groups in total. The minimum atomic E-state index is -0.118. The Morgan fingerprint density at radius 2 is 1.43 bits per heavy atom. The summed E-state index contributed by atoms with van der Waals surface area (Å²) >= 11 is 0. The molecule has 4 aromatic rings. The molecule has 2 aromatic heterocycles. The van der Waals surface area contributed by atoms with Gasteiger partial charge in [-0.3, -0.25) is 4.68 Å². The Morgan fingerprint density at radius 3 is 2.10 bits per heavy atom. The Kier molecular flexibility index (Phi) is 4.57. The topological polar surface area (TPSA) is 48.5 Å². The molecule has 0 aliphatic heterocycles. The van der Waals surface area contributed by atoms with Crippen LogP contribution in [0.4, 0.5) is 0 Å². The third kappa shape index (κ3) is 3.11. The highest BCUT2D eigenvalue weighted by atomic mass is 15.4. The van der Waals surface area contributed by atoms with E-state index in [2.05, 4.69) is 94.8 Å². The van der Waals surface area contributed by atoms with Crippen molar-refractivity contribution in [3.8, 4) is 0 Å². The maximum atomic E-state index is 5.01. The van der Waals surface area contributed by atoms with E-state index in [1.807, 2.05) is 11.7 Å². The maximum Gasteiger partial charge on any atom is 0.113 e. The van der Waals surface area contributed by atoms with Gasteiger partial charge in [0.2, 0.25) is 0 Å². The lowest BCUT2D eigenvalue weighted by Crippen LogP contribution is -2.23. The van der Waals surface area contributed by atoms with E-state index in [1.54, 1.807) is 0 Å². The number of nitrogens with zero attached hydrogens (tertiary/aromatic N) is 5. The summed E-state index contributed by atoms with van der Waals surface area (Å²) in [7, 11) is 4.05. The molecule has 30 heavy (non-hydrogen) atoms. The Morgan fingerprint density at radius 1 is 0.800 bits per heavy atom. The zero-order valence-corrected chi connectivity index (χ0v) is 19.8. The molecule has 5 nitrogen and oxygen atoms in total. The Hall–Kier alpha value is -2.69. The highest BCUT2D eigenvalue weighted by Gasteiger charge is 2.30. The van der Waals surface area contributed by atoms with Gasteiger partial charge in [-0.1, -0.05) is 58.0 Å². The van der Waals surface area contributed by atoms with E-state index in [0.29, 0.717) is 0 Å². The number of rotatable bonds is 3. The SMILES string of the molecule is Cc1ccc2nnn(C)c2c1C(C)(C)Cc1nn(C)c2c(C(C)(C)C)c(C)ccc12. The predicted molar refractivity (Wildman–Crippen MR) is 124 cm³/mol. The van der Waals surface area contributed by atoms with Gasteiger partial charge in [0.25, 0.3) is 0 Å². The summed E-state index contributed by atoms with van der Waals surface area (Å²) in [5, 5.41) is 14.9. The van der Waals surface area contributed by atoms with E-state index in [1.165, 1.54) is 33.2 Å². The standard InChI is InChI=1S/C25H33N5/c1-15-10-12-17-19(27-29(8)22(17)20(15)24(3,4)5)14-25(6,7)21-16(2)11-13-18-23(21)30(9)28-26-18/h10-13H,14H2,1-9H3. The van der Waals surface area contributed by atoms with Crippen LogP contribution in [-0.4, -0.2) is 24.8 Å². The van der Waals surface area contributed by atoms with Crippen molar-refractivity contribution in [3.05, 3.63) is 52.2 Å². The van der Waals surface area contributed by atoms with Crippen LogP contribution in [0.2, 0.25) is 0 Å². The minimum absolute atomic E-state index is 0.0622. The average molecular weight is 404 g/mol. The van der Waals surface area contributed by atoms with Crippen LogP contribution in [0.25, 0.3) is 21.9 Å². The second kappa shape index (κ2) is 6.66. The van der Waals surface area contributed by atoms with E-state index in [0.717, 1.165) is 23.1 Å². The fourth-order valence-corrected chi connectivity index (χ4v) is 5.23. The molecule has 0 aliphatic carbocycles. The molecule has 0 aliphatic rings. The Balaban J connectivity index is 1.90. The smallest absolute Gasteiger partial charge is 0.113 e. The van der Waals surface area contributed by atoms with Crippen molar-refractivity contribution >= 4 is 21.9 Å². The lowest BCUT2D eigenvalue weighted by Gasteiger charge is -2.27. The van der Waals surface area contributed by atoms with Gasteiger partial charge in [0.1, 0.15) is 5.52 Å². The second-order valence-electron chi connectivity index (χ2n) is 10.4. The van der Waals surface area contributed by atoms with Crippen molar-refractivity contribution in [2.45, 2.75) is 65.7 Å². The van der Waals surface area contributed by atoms with Crippen LogP contribution in [0.3, 0.4) is 0 Å². The summed E-state index contributed by atoms with van der Waals surface area (Å²) in [4.78, 5) is 0. The molecule has 0 atom stereocenters. The summed E-state index contributed by atoms with van der Waals surface area (Å²) in [6.45, 7) is 15.8. The van der Waals surface area contributed by atoms with Crippen molar-refractivity contribution in [1.29, 1.82) is 0 Å². The number of hydrogen-bond acceptors (Lipinski definition) is 3. The lowest BCUT2D eigenvalue weighted by atomic mass is 9.76.